The lowest BCUT2D eigenvalue weighted by Gasteiger charge is -2.61. The molecule has 2 heterocycles. The maximum atomic E-state index is 13.5. The summed E-state index contributed by atoms with van der Waals surface area (Å²) >= 11 is 0. The number of hydrogen-bond acceptors (Lipinski definition) is 11. The van der Waals surface area contributed by atoms with Gasteiger partial charge in [-0.2, -0.15) is 19.8 Å². The Hall–Kier alpha value is -3.56. The number of carbonyl (C=O) groups excluding carboxylic acids is 3. The Kier molecular flexibility index (Phi) is 19.5. The largest absolute Gasteiger partial charge is 0.476 e. The van der Waals surface area contributed by atoms with Gasteiger partial charge in [0.25, 0.3) is 5.91 Å². The predicted octanol–water partition coefficient (Wildman–Crippen LogP) is 10.6. The third-order valence-electron chi connectivity index (χ3n) is 21.6. The van der Waals surface area contributed by atoms with E-state index in [1.807, 2.05) is 20.8 Å². The Labute approximate surface area is 445 Å². The molecule has 0 unspecified atom stereocenters. The molecule has 6 N–H and O–H groups in total. The number of aromatic nitrogens is 6. The van der Waals surface area contributed by atoms with Crippen LogP contribution in [-0.4, -0.2) is 93.0 Å². The van der Waals surface area contributed by atoms with Crippen molar-refractivity contribution in [2.45, 2.75) is 230 Å². The number of hydrogen-bond donors (Lipinski definition) is 5. The summed E-state index contributed by atoms with van der Waals surface area (Å²) in [6.07, 6.45) is 24.2. The van der Waals surface area contributed by atoms with Gasteiger partial charge in [-0.3, -0.25) is 14.4 Å². The number of carboxylic acids is 1. The first kappa shape index (κ1) is 61.3. The summed E-state index contributed by atoms with van der Waals surface area (Å²) in [5, 5.41) is 49.7. The average molecular weight is 1040 g/mol. The van der Waals surface area contributed by atoms with Crippen molar-refractivity contribution in [3.8, 4) is 0 Å². The van der Waals surface area contributed by atoms with Gasteiger partial charge in [-0.05, 0) is 218 Å². The number of nitrogens with two attached hydrogens (primary N) is 1. The molecule has 8 fully saturated rings. The lowest BCUT2D eigenvalue weighted by molar-refractivity contribution is -0.151. The maximum Gasteiger partial charge on any atom is 0.358 e. The minimum atomic E-state index is -1.12. The van der Waals surface area contributed by atoms with E-state index in [0.717, 1.165) is 102 Å². The smallest absolute Gasteiger partial charge is 0.358 e. The van der Waals surface area contributed by atoms with Gasteiger partial charge in [-0.15, -0.1) is 10.2 Å². The summed E-state index contributed by atoms with van der Waals surface area (Å²) in [7, 11) is 0. The van der Waals surface area contributed by atoms with E-state index in [1.165, 1.54) is 60.5 Å². The molecule has 1 amide bonds. The fourth-order valence-corrected chi connectivity index (χ4v) is 17.7. The first-order valence-electron chi connectivity index (χ1n) is 28.0. The van der Waals surface area contributed by atoms with Gasteiger partial charge in [0.15, 0.2) is 23.0 Å². The van der Waals surface area contributed by atoms with Crippen LogP contribution in [0.25, 0.3) is 0 Å². The number of aliphatic hydroxyl groups is 2. The quantitative estimate of drug-likeness (QED) is 0.142. The van der Waals surface area contributed by atoms with Gasteiger partial charge in [0.1, 0.15) is 13.1 Å². The number of ketones is 2. The second kappa shape index (κ2) is 23.6. The number of rotatable bonds is 11. The minimum absolute atomic E-state index is 0. The van der Waals surface area contributed by atoms with E-state index < -0.39 is 17.2 Å². The van der Waals surface area contributed by atoms with E-state index >= 15 is 0 Å². The minimum Gasteiger partial charge on any atom is -0.476 e. The molecular formula is C59H102N8O7. The van der Waals surface area contributed by atoms with E-state index in [1.54, 1.807) is 0 Å². The zero-order chi connectivity index (χ0) is 51.3. The van der Waals surface area contributed by atoms with Crippen LogP contribution in [0.5, 0.6) is 0 Å². The van der Waals surface area contributed by atoms with Gasteiger partial charge in [0.05, 0.1) is 23.6 Å². The Balaban J connectivity index is 0.000000247. The summed E-state index contributed by atoms with van der Waals surface area (Å²) in [6.45, 7) is 19.5. The van der Waals surface area contributed by atoms with Crippen molar-refractivity contribution in [2.75, 3.05) is 13.1 Å². The highest BCUT2D eigenvalue weighted by Crippen LogP contribution is 2.70. The lowest BCUT2D eigenvalue weighted by Crippen LogP contribution is -2.55. The molecule has 8 saturated carbocycles. The highest BCUT2D eigenvalue weighted by atomic mass is 16.4. The van der Waals surface area contributed by atoms with Crippen LogP contribution in [-0.2, 0) is 22.7 Å². The van der Waals surface area contributed by atoms with Crippen molar-refractivity contribution >= 4 is 23.4 Å². The molecule has 0 saturated heterocycles. The van der Waals surface area contributed by atoms with Crippen LogP contribution in [0.3, 0.4) is 0 Å². The van der Waals surface area contributed by atoms with Crippen LogP contribution in [0.1, 0.15) is 227 Å². The fourth-order valence-electron chi connectivity index (χ4n) is 17.7. The molecule has 2 aromatic rings. The number of amides is 1. The Bertz CT molecular complexity index is 2240. The van der Waals surface area contributed by atoms with Crippen molar-refractivity contribution < 1.29 is 34.5 Å². The summed E-state index contributed by atoms with van der Waals surface area (Å²) in [6, 6.07) is 0. The zero-order valence-corrected chi connectivity index (χ0v) is 44.6. The van der Waals surface area contributed by atoms with Crippen LogP contribution in [0.2, 0.25) is 0 Å². The van der Waals surface area contributed by atoms with Crippen molar-refractivity contribution in [1.82, 2.24) is 35.3 Å². The molecule has 16 atom stereocenters. The number of nitrogens with one attached hydrogen (secondary N) is 1. The summed E-state index contributed by atoms with van der Waals surface area (Å²) < 4.78 is 0. The van der Waals surface area contributed by atoms with Gasteiger partial charge in [-0.1, -0.05) is 63.8 Å². The molecule has 2 aromatic heterocycles. The highest BCUT2D eigenvalue weighted by molar-refractivity contribution is 5.91. The average Bonchev–Trinajstić information content (AvgIpc) is 4.14. The summed E-state index contributed by atoms with van der Waals surface area (Å²) in [4.78, 5) is 52.7. The molecule has 420 valence electrons. The van der Waals surface area contributed by atoms with E-state index in [9.17, 15) is 29.4 Å². The van der Waals surface area contributed by atoms with Gasteiger partial charge < -0.3 is 26.4 Å². The molecule has 15 heteroatoms. The molecule has 8 aliphatic rings. The Morgan fingerprint density at radius 3 is 1.38 bits per heavy atom. The summed E-state index contributed by atoms with van der Waals surface area (Å²) in [5.41, 5.74) is 4.90. The molecule has 74 heavy (non-hydrogen) atoms. The molecular weight excluding hydrogens is 933 g/mol. The number of nitrogens with zero attached hydrogens (tertiary/aromatic N) is 6. The summed E-state index contributed by atoms with van der Waals surface area (Å²) in [5.74, 6) is 4.31. The molecule has 10 rings (SSSR count). The maximum absolute atomic E-state index is 13.5. The van der Waals surface area contributed by atoms with Gasteiger partial charge in [0, 0.05) is 18.4 Å². The standard InChI is InChI=1S/C28H44N4O3.C25H37N3O4.C3H9N.3CH4/c1-5-14-29-25(34)23-16-30-32(31-23)17-24(33)22-9-8-20-19-7-6-18-15-26(2,35)12-13-27(18,3)21(19)10-11-28(20,22)4;1-23(32)10-11-24(2)15(12-23)4-5-16-17-6-7-19(25(17,3)9-8-18(16)24)21(29)14-28-26-13-20(27-28)22(30)31;1-2-3-4;;;/h16,18-22,35H,5-15,17H2,1-4H3,(H,29,34);13,15-19,32H,4-12,14H2,1-3H3,(H,30,31);2-4H2,1H3;3*1H4/t18-,19+,20+,21+,22-,26-,27+,28+;15-,16+,17+,18+,19-,23-,24+,25+;;;;/m11..../s1. The third kappa shape index (κ3) is 11.7. The molecule has 0 aromatic carbocycles. The van der Waals surface area contributed by atoms with Crippen LogP contribution in [0, 0.1) is 80.8 Å². The molecule has 8 aliphatic carbocycles. The van der Waals surface area contributed by atoms with Crippen LogP contribution < -0.4 is 11.1 Å². The number of carbonyl (C=O) groups is 4. The molecule has 0 radical (unpaired) electrons. The van der Waals surface area contributed by atoms with Crippen LogP contribution in [0.4, 0.5) is 0 Å². The van der Waals surface area contributed by atoms with Crippen molar-refractivity contribution in [1.29, 1.82) is 0 Å². The lowest BCUT2D eigenvalue weighted by atomic mass is 9.44. The number of carboxylic acid groups (broad SMARTS) is 1. The topological polar surface area (TPSA) is 228 Å². The third-order valence-corrected chi connectivity index (χ3v) is 21.6. The Morgan fingerprint density at radius 2 is 0.986 bits per heavy atom. The van der Waals surface area contributed by atoms with Crippen molar-refractivity contribution in [2.24, 2.45) is 86.6 Å². The van der Waals surface area contributed by atoms with Crippen molar-refractivity contribution in [3.63, 3.8) is 0 Å². The Morgan fingerprint density at radius 1 is 0.581 bits per heavy atom. The van der Waals surface area contributed by atoms with E-state index in [0.29, 0.717) is 58.8 Å². The van der Waals surface area contributed by atoms with E-state index in [-0.39, 0.29) is 86.9 Å². The molecule has 0 bridgehead atoms. The molecule has 15 nitrogen and oxygen atoms in total. The second-order valence-corrected chi connectivity index (χ2v) is 25.9. The highest BCUT2D eigenvalue weighted by Gasteiger charge is 2.63. The van der Waals surface area contributed by atoms with E-state index in [4.69, 9.17) is 10.8 Å². The normalized spacial score (nSPS) is 40.3. The first-order chi connectivity index (χ1) is 33.5. The number of Topliss-reactive ketones (excluding diaryl/α,β-unsaturated/α-hetero) is 2. The zero-order valence-electron chi connectivity index (χ0n) is 44.6. The molecule has 0 spiro atoms. The fraction of sp³-hybridized carbons (Fsp3) is 0.864. The van der Waals surface area contributed by atoms with E-state index in [2.05, 4.69) is 60.3 Å². The SMILES string of the molecule is C.C.C.CCCN.CCCNC(=O)c1cnn(CC(=O)[C@H]2CC[C@H]3[C@@H]4CC[C@@H]5C[C@](C)(O)CC[C@]5(C)[C@H]4CC[C@]23C)n1.C[C@@]1(O)CC[C@@]2(C)[C@H](CC[C@@H]3[C@@H]2CC[C@]2(C)[C@@H](C(=O)Cn4ncc(C(=O)O)n4)CC[C@@H]32)C1. The van der Waals surface area contributed by atoms with Crippen LogP contribution in [0.15, 0.2) is 12.4 Å². The number of fused-ring (bicyclic) bond motifs is 10. The predicted molar refractivity (Wildman–Crippen MR) is 291 cm³/mol. The second-order valence-electron chi connectivity index (χ2n) is 25.9. The monoisotopic (exact) mass is 1030 g/mol. The van der Waals surface area contributed by atoms with Crippen molar-refractivity contribution in [3.05, 3.63) is 23.8 Å². The van der Waals surface area contributed by atoms with Crippen LogP contribution >= 0.6 is 0 Å². The first-order valence-corrected chi connectivity index (χ1v) is 28.0. The molecule has 0 aliphatic heterocycles. The van der Waals surface area contributed by atoms with Gasteiger partial charge >= 0.3 is 5.97 Å². The number of aromatic carboxylic acids is 1. The van der Waals surface area contributed by atoms with Gasteiger partial charge in [0.2, 0.25) is 0 Å². The van der Waals surface area contributed by atoms with Gasteiger partial charge in [-0.25, -0.2) is 4.79 Å².